The van der Waals surface area contributed by atoms with Gasteiger partial charge in [0.15, 0.2) is 18.2 Å². The largest absolute Gasteiger partial charge is 0.477 e. The van der Waals surface area contributed by atoms with E-state index < -0.39 is 17.5 Å². The minimum absolute atomic E-state index is 0.0135. The summed E-state index contributed by atoms with van der Waals surface area (Å²) in [5.74, 6) is -1.59. The van der Waals surface area contributed by atoms with Gasteiger partial charge in [-0.05, 0) is 18.4 Å². The molecule has 0 amide bonds. The van der Waals surface area contributed by atoms with E-state index in [2.05, 4.69) is 0 Å². The molecule has 1 aliphatic heterocycles. The zero-order valence-corrected chi connectivity index (χ0v) is 15.3. The third-order valence-corrected chi connectivity index (χ3v) is 5.90. The summed E-state index contributed by atoms with van der Waals surface area (Å²) in [7, 11) is 1.86. The Kier molecular flexibility index (Phi) is 5.34. The number of quaternary nitrogens is 1. The highest BCUT2D eigenvalue weighted by Crippen LogP contribution is 2.42. The van der Waals surface area contributed by atoms with Gasteiger partial charge in [0, 0.05) is 12.3 Å². The van der Waals surface area contributed by atoms with E-state index in [4.69, 9.17) is 9.84 Å². The number of likely N-dealkylation sites (tertiary alicyclic amines) is 1. The number of ether oxygens (including phenoxy) is 1. The fourth-order valence-corrected chi connectivity index (χ4v) is 4.49. The van der Waals surface area contributed by atoms with Crippen molar-refractivity contribution in [2.24, 2.45) is 5.92 Å². The van der Waals surface area contributed by atoms with Crippen molar-refractivity contribution in [3.05, 3.63) is 35.9 Å². The molecule has 2 N–H and O–H groups in total. The minimum atomic E-state index is -1.63. The molecule has 0 bridgehead atoms. The SMILES string of the molecule is C[N+]1(CC(=O)O)CC[C@H](OC(=O)[C@](O)(c2ccccc2)C2CCCC2)C1. The fourth-order valence-electron chi connectivity index (χ4n) is 4.49. The average molecular weight is 362 g/mol. The number of rotatable bonds is 6. The molecular formula is C20H28NO5+. The third-order valence-electron chi connectivity index (χ3n) is 5.90. The standard InChI is InChI=1S/C20H27NO5/c1-21(14-18(22)23)12-11-17(13-21)26-19(24)20(25,16-9-5-6-10-16)15-7-3-2-4-8-15/h2-4,7-8,16-17,25H,5-6,9-14H2,1H3/p+1/t17-,20-,21?/m0/s1. The molecule has 1 aromatic carbocycles. The van der Waals surface area contributed by atoms with Crippen molar-refractivity contribution in [2.75, 3.05) is 26.7 Å². The van der Waals surface area contributed by atoms with Crippen molar-refractivity contribution < 1.29 is 29.0 Å². The van der Waals surface area contributed by atoms with Crippen LogP contribution in [0.4, 0.5) is 0 Å². The van der Waals surface area contributed by atoms with Gasteiger partial charge in [0.25, 0.3) is 0 Å². The van der Waals surface area contributed by atoms with Gasteiger partial charge in [0.05, 0.1) is 13.6 Å². The molecule has 1 unspecified atom stereocenters. The summed E-state index contributed by atoms with van der Waals surface area (Å²) in [6, 6.07) is 9.05. The number of carbonyl (C=O) groups excluding carboxylic acids is 1. The van der Waals surface area contributed by atoms with E-state index in [-0.39, 0.29) is 18.6 Å². The molecule has 2 fully saturated rings. The van der Waals surface area contributed by atoms with Crippen LogP contribution in [0.15, 0.2) is 30.3 Å². The Morgan fingerprint density at radius 3 is 2.46 bits per heavy atom. The van der Waals surface area contributed by atoms with E-state index >= 15 is 0 Å². The van der Waals surface area contributed by atoms with Crippen LogP contribution in [0.1, 0.15) is 37.7 Å². The first-order valence-corrected chi connectivity index (χ1v) is 9.38. The van der Waals surface area contributed by atoms with Crippen LogP contribution in [-0.2, 0) is 19.9 Å². The van der Waals surface area contributed by atoms with Crippen LogP contribution in [0.3, 0.4) is 0 Å². The molecule has 2 aliphatic rings. The van der Waals surface area contributed by atoms with Gasteiger partial charge in [-0.2, -0.15) is 0 Å². The number of likely N-dealkylation sites (N-methyl/N-ethyl adjacent to an activating group) is 1. The molecule has 3 atom stereocenters. The normalized spacial score (nSPS) is 28.6. The van der Waals surface area contributed by atoms with E-state index in [0.29, 0.717) is 29.6 Å². The molecule has 0 aromatic heterocycles. The summed E-state index contributed by atoms with van der Waals surface area (Å²) in [5.41, 5.74) is -1.05. The highest BCUT2D eigenvalue weighted by molar-refractivity contribution is 5.81. The molecule has 1 aromatic rings. The number of carboxylic acid groups (broad SMARTS) is 1. The van der Waals surface area contributed by atoms with Gasteiger partial charge in [-0.15, -0.1) is 0 Å². The Labute approximate surface area is 154 Å². The first-order chi connectivity index (χ1) is 12.3. The van der Waals surface area contributed by atoms with Crippen molar-refractivity contribution in [3.8, 4) is 0 Å². The maximum atomic E-state index is 13.0. The van der Waals surface area contributed by atoms with Crippen LogP contribution in [0, 0.1) is 5.92 Å². The van der Waals surface area contributed by atoms with Gasteiger partial charge in [-0.3, -0.25) is 0 Å². The van der Waals surface area contributed by atoms with Gasteiger partial charge in [-0.25, -0.2) is 9.59 Å². The number of carboxylic acids is 1. The summed E-state index contributed by atoms with van der Waals surface area (Å²) in [5, 5.41) is 20.5. The Bertz CT molecular complexity index is 657. The van der Waals surface area contributed by atoms with E-state index in [1.165, 1.54) is 0 Å². The average Bonchev–Trinajstić information content (AvgIpc) is 3.25. The maximum Gasteiger partial charge on any atom is 0.359 e. The highest BCUT2D eigenvalue weighted by atomic mass is 16.6. The number of nitrogens with zero attached hydrogens (tertiary/aromatic N) is 1. The highest BCUT2D eigenvalue weighted by Gasteiger charge is 2.49. The second-order valence-electron chi connectivity index (χ2n) is 8.01. The Morgan fingerprint density at radius 1 is 1.19 bits per heavy atom. The molecule has 0 radical (unpaired) electrons. The Hall–Kier alpha value is -1.92. The zero-order valence-electron chi connectivity index (χ0n) is 15.3. The molecule has 0 spiro atoms. The Balaban J connectivity index is 1.76. The molecule has 1 saturated heterocycles. The molecule has 6 nitrogen and oxygen atoms in total. The topological polar surface area (TPSA) is 83.8 Å². The van der Waals surface area contributed by atoms with E-state index in [1.807, 2.05) is 25.2 Å². The summed E-state index contributed by atoms with van der Waals surface area (Å²) in [6.45, 7) is 1.13. The van der Waals surface area contributed by atoms with Gasteiger partial charge in [-0.1, -0.05) is 43.2 Å². The van der Waals surface area contributed by atoms with Crippen LogP contribution < -0.4 is 0 Å². The molecule has 1 saturated carbocycles. The van der Waals surface area contributed by atoms with Crippen molar-refractivity contribution in [3.63, 3.8) is 0 Å². The second kappa shape index (κ2) is 7.37. The minimum Gasteiger partial charge on any atom is -0.477 e. The van der Waals surface area contributed by atoms with Gasteiger partial charge in [0.1, 0.15) is 6.54 Å². The van der Waals surface area contributed by atoms with Crippen molar-refractivity contribution in [1.82, 2.24) is 0 Å². The van der Waals surface area contributed by atoms with Crippen LogP contribution in [0.25, 0.3) is 0 Å². The number of hydrogen-bond donors (Lipinski definition) is 2. The summed E-state index contributed by atoms with van der Waals surface area (Å²) in [6.07, 6.45) is 3.87. The monoisotopic (exact) mass is 362 g/mol. The van der Waals surface area contributed by atoms with Crippen LogP contribution >= 0.6 is 0 Å². The van der Waals surface area contributed by atoms with Crippen molar-refractivity contribution >= 4 is 11.9 Å². The summed E-state index contributed by atoms with van der Waals surface area (Å²) >= 11 is 0. The molecular weight excluding hydrogens is 334 g/mol. The summed E-state index contributed by atoms with van der Waals surface area (Å²) in [4.78, 5) is 24.1. The van der Waals surface area contributed by atoms with Gasteiger partial charge < -0.3 is 19.4 Å². The van der Waals surface area contributed by atoms with Crippen LogP contribution in [0.2, 0.25) is 0 Å². The predicted octanol–water partition coefficient (Wildman–Crippen LogP) is 1.91. The van der Waals surface area contributed by atoms with E-state index in [1.54, 1.807) is 12.1 Å². The second-order valence-corrected chi connectivity index (χ2v) is 8.01. The number of esters is 1. The molecule has 142 valence electrons. The van der Waals surface area contributed by atoms with Crippen molar-refractivity contribution in [2.45, 2.75) is 43.8 Å². The fraction of sp³-hybridized carbons (Fsp3) is 0.600. The number of benzene rings is 1. The first-order valence-electron chi connectivity index (χ1n) is 9.38. The van der Waals surface area contributed by atoms with E-state index in [9.17, 15) is 14.7 Å². The molecule has 26 heavy (non-hydrogen) atoms. The molecule has 1 heterocycles. The maximum absolute atomic E-state index is 13.0. The lowest BCUT2D eigenvalue weighted by Gasteiger charge is -2.33. The third kappa shape index (κ3) is 3.76. The molecule has 6 heteroatoms. The Morgan fingerprint density at radius 2 is 1.85 bits per heavy atom. The lowest BCUT2D eigenvalue weighted by Crippen LogP contribution is -2.48. The smallest absolute Gasteiger partial charge is 0.359 e. The number of hydrogen-bond acceptors (Lipinski definition) is 4. The number of aliphatic carboxylic acids is 1. The van der Waals surface area contributed by atoms with Gasteiger partial charge >= 0.3 is 11.9 Å². The van der Waals surface area contributed by atoms with Gasteiger partial charge in [0.2, 0.25) is 0 Å². The first kappa shape index (κ1) is 18.9. The lowest BCUT2D eigenvalue weighted by molar-refractivity contribution is -0.891. The molecule has 1 aliphatic carbocycles. The lowest BCUT2D eigenvalue weighted by atomic mass is 9.80. The zero-order chi connectivity index (χ0) is 18.8. The number of carbonyl (C=O) groups is 2. The number of aliphatic hydroxyl groups is 1. The molecule has 3 rings (SSSR count). The van der Waals surface area contributed by atoms with E-state index in [0.717, 1.165) is 25.7 Å². The quantitative estimate of drug-likeness (QED) is 0.597. The summed E-state index contributed by atoms with van der Waals surface area (Å²) < 4.78 is 6.07. The van der Waals surface area contributed by atoms with Crippen molar-refractivity contribution in [1.29, 1.82) is 0 Å². The van der Waals surface area contributed by atoms with Crippen LogP contribution in [-0.4, -0.2) is 59.4 Å². The predicted molar refractivity (Wildman–Crippen MR) is 95.2 cm³/mol. The van der Waals surface area contributed by atoms with Crippen LogP contribution in [0.5, 0.6) is 0 Å².